The maximum Gasteiger partial charge on any atom is 0.240 e. The van der Waals surface area contributed by atoms with Crippen LogP contribution in [0.25, 0.3) is 0 Å². The molecule has 21 heavy (non-hydrogen) atoms. The molecule has 1 aliphatic heterocycles. The predicted octanol–water partition coefficient (Wildman–Crippen LogP) is 3.18. The van der Waals surface area contributed by atoms with Gasteiger partial charge in [0.1, 0.15) is 0 Å². The zero-order chi connectivity index (χ0) is 15.4. The number of carbonyl (C=O) groups excluding carboxylic acids is 2. The summed E-state index contributed by atoms with van der Waals surface area (Å²) in [6.45, 7) is 2.61. The van der Waals surface area contributed by atoms with Crippen LogP contribution in [0.2, 0.25) is 10.0 Å². The van der Waals surface area contributed by atoms with Crippen molar-refractivity contribution in [2.24, 2.45) is 0 Å². The van der Waals surface area contributed by atoms with Crippen molar-refractivity contribution in [1.82, 2.24) is 10.2 Å². The van der Waals surface area contributed by atoms with Crippen molar-refractivity contribution in [2.75, 3.05) is 13.1 Å². The number of rotatable bonds is 4. The summed E-state index contributed by atoms with van der Waals surface area (Å²) in [5.41, 5.74) is 0.805. The van der Waals surface area contributed by atoms with E-state index in [1.54, 1.807) is 23.1 Å². The average molecular weight is 329 g/mol. The van der Waals surface area contributed by atoms with Gasteiger partial charge in [-0.1, -0.05) is 29.3 Å². The minimum atomic E-state index is -0.234. The Bertz CT molecular complexity index is 548. The zero-order valence-corrected chi connectivity index (χ0v) is 13.4. The second-order valence-electron chi connectivity index (χ2n) is 5.23. The molecule has 6 heteroatoms. The van der Waals surface area contributed by atoms with Crippen molar-refractivity contribution < 1.29 is 9.59 Å². The van der Waals surface area contributed by atoms with Crippen LogP contribution in [0.3, 0.4) is 0 Å². The summed E-state index contributed by atoms with van der Waals surface area (Å²) in [4.78, 5) is 25.3. The molecule has 1 saturated heterocycles. The van der Waals surface area contributed by atoms with Gasteiger partial charge in [0, 0.05) is 23.0 Å². The highest BCUT2D eigenvalue weighted by atomic mass is 35.5. The van der Waals surface area contributed by atoms with Crippen LogP contribution in [0.5, 0.6) is 0 Å². The summed E-state index contributed by atoms with van der Waals surface area (Å²) >= 11 is 12.0. The molecule has 0 saturated carbocycles. The molecule has 1 aliphatic rings. The van der Waals surface area contributed by atoms with Crippen LogP contribution in [0.1, 0.15) is 37.8 Å². The Kier molecular flexibility index (Phi) is 5.48. The number of hydrogen-bond donors (Lipinski definition) is 1. The first-order valence-corrected chi connectivity index (χ1v) is 7.75. The first kappa shape index (κ1) is 16.1. The molecule has 114 valence electrons. The molecule has 0 aliphatic carbocycles. The molecular weight excluding hydrogens is 311 g/mol. The third-order valence-electron chi connectivity index (χ3n) is 3.56. The second kappa shape index (κ2) is 7.14. The van der Waals surface area contributed by atoms with E-state index in [-0.39, 0.29) is 24.4 Å². The topological polar surface area (TPSA) is 49.4 Å². The summed E-state index contributed by atoms with van der Waals surface area (Å²) in [6.07, 6.45) is 2.40. The highest BCUT2D eigenvalue weighted by Crippen LogP contribution is 2.26. The molecule has 2 amide bonds. The summed E-state index contributed by atoms with van der Waals surface area (Å²) in [7, 11) is 0. The normalized spacial score (nSPS) is 16.7. The molecule has 1 fully saturated rings. The fourth-order valence-electron chi connectivity index (χ4n) is 2.42. The van der Waals surface area contributed by atoms with Crippen molar-refractivity contribution in [1.29, 1.82) is 0 Å². The number of piperidine rings is 1. The lowest BCUT2D eigenvalue weighted by Crippen LogP contribution is -2.43. The lowest BCUT2D eigenvalue weighted by molar-refractivity contribution is -0.138. The van der Waals surface area contributed by atoms with Gasteiger partial charge in [-0.05, 0) is 37.5 Å². The van der Waals surface area contributed by atoms with Gasteiger partial charge in [0.05, 0.1) is 12.6 Å². The predicted molar refractivity (Wildman–Crippen MR) is 83.5 cm³/mol. The molecule has 4 nitrogen and oxygen atoms in total. The summed E-state index contributed by atoms with van der Waals surface area (Å²) < 4.78 is 0. The molecule has 0 spiro atoms. The molecule has 1 unspecified atom stereocenters. The number of carbonyl (C=O) groups is 2. The van der Waals surface area contributed by atoms with Crippen LogP contribution in [0.15, 0.2) is 18.2 Å². The van der Waals surface area contributed by atoms with E-state index in [0.29, 0.717) is 23.0 Å². The van der Waals surface area contributed by atoms with Crippen LogP contribution in [0.4, 0.5) is 0 Å². The smallest absolute Gasteiger partial charge is 0.240 e. The standard InChI is InChI=1S/C15H18Cl2N2O2/c1-10(12-6-5-11(16)8-13(12)17)18-14(20)9-19-7-3-2-4-15(19)21/h5-6,8,10H,2-4,7,9H2,1H3,(H,18,20). The number of halogens is 2. The Morgan fingerprint density at radius 1 is 1.38 bits per heavy atom. The number of amides is 2. The van der Waals surface area contributed by atoms with Crippen LogP contribution in [0, 0.1) is 0 Å². The van der Waals surface area contributed by atoms with Gasteiger partial charge < -0.3 is 10.2 Å². The Balaban J connectivity index is 1.94. The maximum atomic E-state index is 12.0. The van der Waals surface area contributed by atoms with Gasteiger partial charge >= 0.3 is 0 Å². The van der Waals surface area contributed by atoms with Crippen LogP contribution < -0.4 is 5.32 Å². The lowest BCUT2D eigenvalue weighted by atomic mass is 10.1. The zero-order valence-electron chi connectivity index (χ0n) is 11.9. The van der Waals surface area contributed by atoms with E-state index in [1.165, 1.54) is 0 Å². The van der Waals surface area contributed by atoms with Crippen molar-refractivity contribution in [3.63, 3.8) is 0 Å². The first-order valence-electron chi connectivity index (χ1n) is 6.99. The van der Waals surface area contributed by atoms with Gasteiger partial charge in [-0.15, -0.1) is 0 Å². The van der Waals surface area contributed by atoms with E-state index >= 15 is 0 Å². The Hall–Kier alpha value is -1.26. The van der Waals surface area contributed by atoms with Gasteiger partial charge in [0.2, 0.25) is 11.8 Å². The molecule has 2 rings (SSSR count). The molecule has 0 bridgehead atoms. The van der Waals surface area contributed by atoms with Gasteiger partial charge in [-0.3, -0.25) is 9.59 Å². The first-order chi connectivity index (χ1) is 9.97. The van der Waals surface area contributed by atoms with E-state index in [2.05, 4.69) is 5.32 Å². The van der Waals surface area contributed by atoms with Crippen LogP contribution in [-0.4, -0.2) is 29.8 Å². The molecule has 0 radical (unpaired) electrons. The van der Waals surface area contributed by atoms with Gasteiger partial charge in [0.15, 0.2) is 0 Å². The number of nitrogens with one attached hydrogen (secondary N) is 1. The molecule has 1 atom stereocenters. The summed E-state index contributed by atoms with van der Waals surface area (Å²) in [6, 6.07) is 4.94. The molecule has 1 heterocycles. The van der Waals surface area contributed by atoms with Crippen LogP contribution >= 0.6 is 23.2 Å². The molecule has 1 N–H and O–H groups in total. The van der Waals surface area contributed by atoms with E-state index in [1.807, 2.05) is 6.92 Å². The van der Waals surface area contributed by atoms with E-state index in [0.717, 1.165) is 18.4 Å². The second-order valence-corrected chi connectivity index (χ2v) is 6.07. The maximum absolute atomic E-state index is 12.0. The third kappa shape index (κ3) is 4.35. The minimum Gasteiger partial charge on any atom is -0.348 e. The third-order valence-corrected chi connectivity index (χ3v) is 4.12. The number of benzene rings is 1. The Morgan fingerprint density at radius 3 is 2.81 bits per heavy atom. The average Bonchev–Trinajstić information content (AvgIpc) is 2.41. The molecular formula is C15H18Cl2N2O2. The number of hydrogen-bond acceptors (Lipinski definition) is 2. The molecule has 0 aromatic heterocycles. The fourth-order valence-corrected chi connectivity index (χ4v) is 2.99. The van der Waals surface area contributed by atoms with Crippen molar-refractivity contribution >= 4 is 35.0 Å². The van der Waals surface area contributed by atoms with Crippen molar-refractivity contribution in [3.8, 4) is 0 Å². The van der Waals surface area contributed by atoms with Crippen molar-refractivity contribution in [3.05, 3.63) is 33.8 Å². The van der Waals surface area contributed by atoms with E-state index < -0.39 is 0 Å². The van der Waals surface area contributed by atoms with Gasteiger partial charge in [-0.25, -0.2) is 0 Å². The fraction of sp³-hybridized carbons (Fsp3) is 0.467. The molecule has 1 aromatic carbocycles. The Labute approximate surface area is 134 Å². The largest absolute Gasteiger partial charge is 0.348 e. The SMILES string of the molecule is CC(NC(=O)CN1CCCCC1=O)c1ccc(Cl)cc1Cl. The van der Waals surface area contributed by atoms with Crippen LogP contribution in [-0.2, 0) is 9.59 Å². The Morgan fingerprint density at radius 2 is 2.14 bits per heavy atom. The molecule has 1 aromatic rings. The van der Waals surface area contributed by atoms with Gasteiger partial charge in [-0.2, -0.15) is 0 Å². The number of likely N-dealkylation sites (tertiary alicyclic amines) is 1. The van der Waals surface area contributed by atoms with Gasteiger partial charge in [0.25, 0.3) is 0 Å². The van der Waals surface area contributed by atoms with E-state index in [9.17, 15) is 9.59 Å². The highest BCUT2D eigenvalue weighted by molar-refractivity contribution is 6.35. The van der Waals surface area contributed by atoms with Crippen molar-refractivity contribution in [2.45, 2.75) is 32.2 Å². The van der Waals surface area contributed by atoms with E-state index in [4.69, 9.17) is 23.2 Å². The summed E-state index contributed by atoms with van der Waals surface area (Å²) in [5.74, 6) is -0.127. The quantitative estimate of drug-likeness (QED) is 0.922. The lowest BCUT2D eigenvalue weighted by Gasteiger charge is -2.26. The minimum absolute atomic E-state index is 0.0496. The summed E-state index contributed by atoms with van der Waals surface area (Å²) in [5, 5.41) is 3.94. The monoisotopic (exact) mass is 328 g/mol. The number of nitrogens with zero attached hydrogens (tertiary/aromatic N) is 1. The highest BCUT2D eigenvalue weighted by Gasteiger charge is 2.21.